The average molecular weight is 462 g/mol. The van der Waals surface area contributed by atoms with Crippen molar-refractivity contribution in [3.63, 3.8) is 0 Å². The molecule has 0 fully saturated rings. The minimum atomic E-state index is -1.78. The van der Waals surface area contributed by atoms with Crippen molar-refractivity contribution in [2.24, 2.45) is 0 Å². The van der Waals surface area contributed by atoms with Crippen molar-refractivity contribution in [3.8, 4) is 0 Å². The monoisotopic (exact) mass is 463 g/mol. The molecule has 0 nitrogen and oxygen atoms in total. The van der Waals surface area contributed by atoms with Gasteiger partial charge in [-0.3, -0.25) is 0 Å². The molecular formula is C25H21P2Se. The Morgan fingerprint density at radius 2 is 0.821 bits per heavy atom. The molecule has 0 unspecified atom stereocenters. The molecule has 0 saturated heterocycles. The first-order valence-corrected chi connectivity index (χ1v) is 14.7. The van der Waals surface area contributed by atoms with Gasteiger partial charge in [-0.2, -0.15) is 0 Å². The molecule has 0 N–H and O–H groups in total. The third-order valence-electron chi connectivity index (χ3n) is 4.63. The van der Waals surface area contributed by atoms with Crippen molar-refractivity contribution in [1.82, 2.24) is 0 Å². The molecule has 4 aromatic carbocycles. The quantitative estimate of drug-likeness (QED) is 0.300. The molecule has 0 aromatic heterocycles. The van der Waals surface area contributed by atoms with Crippen LogP contribution in [0.3, 0.4) is 0 Å². The SMILES string of the molecule is [Se]P(=CP(c1ccccc1)c1ccccc1)(c1ccccc1)c1ccccc1. The molecule has 0 aliphatic heterocycles. The van der Waals surface area contributed by atoms with Crippen LogP contribution >= 0.6 is 13.5 Å². The number of benzene rings is 4. The van der Waals surface area contributed by atoms with Gasteiger partial charge in [0, 0.05) is 0 Å². The van der Waals surface area contributed by atoms with Crippen LogP contribution in [0.15, 0.2) is 121 Å². The Balaban J connectivity index is 1.97. The van der Waals surface area contributed by atoms with Gasteiger partial charge in [-0.25, -0.2) is 0 Å². The van der Waals surface area contributed by atoms with Crippen molar-refractivity contribution in [2.45, 2.75) is 0 Å². The summed E-state index contributed by atoms with van der Waals surface area (Å²) in [5.74, 6) is 0. The van der Waals surface area contributed by atoms with Gasteiger partial charge in [0.05, 0.1) is 0 Å². The first-order chi connectivity index (χ1) is 13.8. The van der Waals surface area contributed by atoms with Crippen LogP contribution in [0.1, 0.15) is 0 Å². The topological polar surface area (TPSA) is 0 Å². The second-order valence-corrected chi connectivity index (χ2v) is 15.2. The molecule has 0 amide bonds. The number of hydrogen-bond donors (Lipinski definition) is 0. The Labute approximate surface area is 176 Å². The summed E-state index contributed by atoms with van der Waals surface area (Å²) in [5.41, 5.74) is 0.840. The molecule has 0 saturated carbocycles. The second kappa shape index (κ2) is 9.09. The van der Waals surface area contributed by atoms with Gasteiger partial charge in [0.25, 0.3) is 0 Å². The van der Waals surface area contributed by atoms with Crippen LogP contribution in [0.25, 0.3) is 0 Å². The normalized spacial score (nSPS) is 11.4. The summed E-state index contributed by atoms with van der Waals surface area (Å²) >= 11 is 3.66. The molecule has 1 radical (unpaired) electrons. The Kier molecular flexibility index (Phi) is 6.31. The fourth-order valence-corrected chi connectivity index (χ4v) is 12.8. The van der Waals surface area contributed by atoms with E-state index in [0.29, 0.717) is 0 Å². The Hall–Kier alpha value is -1.87. The standard InChI is InChI=1S/C25H21P2Se/c28-27(24-17-9-3-10-18-24,25-19-11-4-12-20-25)21-26(22-13-5-1-6-14-22)23-15-7-2-8-16-23/h1-21H. The summed E-state index contributed by atoms with van der Waals surface area (Å²) in [5, 5.41) is 5.52. The maximum absolute atomic E-state index is 3.66. The first-order valence-electron chi connectivity index (χ1n) is 9.24. The summed E-state index contributed by atoms with van der Waals surface area (Å²) < 4.78 is 0. The Morgan fingerprint density at radius 3 is 1.18 bits per heavy atom. The van der Waals surface area contributed by atoms with Gasteiger partial charge in [0.2, 0.25) is 0 Å². The van der Waals surface area contributed by atoms with Gasteiger partial charge in [-0.05, 0) is 0 Å². The van der Waals surface area contributed by atoms with Crippen molar-refractivity contribution in [2.75, 3.05) is 0 Å². The molecule has 28 heavy (non-hydrogen) atoms. The maximum atomic E-state index is 3.66. The molecular weight excluding hydrogens is 441 g/mol. The van der Waals surface area contributed by atoms with Crippen LogP contribution in [0, 0.1) is 0 Å². The zero-order valence-electron chi connectivity index (χ0n) is 15.4. The average Bonchev–Trinajstić information content (AvgIpc) is 2.80. The van der Waals surface area contributed by atoms with Crippen LogP contribution in [0.2, 0.25) is 0 Å². The molecule has 137 valence electrons. The van der Waals surface area contributed by atoms with Crippen LogP contribution in [0.5, 0.6) is 0 Å². The van der Waals surface area contributed by atoms with Gasteiger partial charge in [-0.1, -0.05) is 0 Å². The number of rotatable bonds is 5. The van der Waals surface area contributed by atoms with Gasteiger partial charge in [0.15, 0.2) is 0 Å². The molecule has 3 heteroatoms. The molecule has 0 heterocycles. The zero-order valence-corrected chi connectivity index (χ0v) is 18.9. The van der Waals surface area contributed by atoms with E-state index in [1.54, 1.807) is 0 Å². The van der Waals surface area contributed by atoms with Crippen molar-refractivity contribution < 1.29 is 0 Å². The molecule has 0 bridgehead atoms. The Morgan fingerprint density at radius 1 is 0.500 bits per heavy atom. The molecule has 4 aromatic rings. The minimum absolute atomic E-state index is 0.593. The van der Waals surface area contributed by atoms with E-state index in [0.717, 1.165) is 0 Å². The van der Waals surface area contributed by atoms with Crippen LogP contribution in [-0.4, -0.2) is 21.1 Å². The van der Waals surface area contributed by atoms with E-state index in [1.807, 2.05) is 0 Å². The number of hydrogen-bond acceptors (Lipinski definition) is 0. The van der Waals surface area contributed by atoms with Crippen LogP contribution in [-0.2, 0) is 0 Å². The summed E-state index contributed by atoms with van der Waals surface area (Å²) in [6.07, 6.45) is 0. The summed E-state index contributed by atoms with van der Waals surface area (Å²) in [6.45, 7) is 0. The zero-order chi connectivity index (χ0) is 19.2. The molecule has 0 aliphatic rings. The third kappa shape index (κ3) is 4.25. The van der Waals surface area contributed by atoms with E-state index >= 15 is 0 Å². The van der Waals surface area contributed by atoms with E-state index in [-0.39, 0.29) is 0 Å². The fraction of sp³-hybridized carbons (Fsp3) is 0. The van der Waals surface area contributed by atoms with Gasteiger partial charge < -0.3 is 0 Å². The van der Waals surface area contributed by atoms with Crippen molar-refractivity contribution >= 4 is 55.8 Å². The van der Waals surface area contributed by atoms with Gasteiger partial charge in [0.1, 0.15) is 0 Å². The van der Waals surface area contributed by atoms with E-state index in [2.05, 4.69) is 142 Å². The Bertz CT molecular complexity index is 980. The first kappa shape index (κ1) is 19.4. The van der Waals surface area contributed by atoms with Crippen molar-refractivity contribution in [3.05, 3.63) is 121 Å². The van der Waals surface area contributed by atoms with E-state index < -0.39 is 13.5 Å². The van der Waals surface area contributed by atoms with Gasteiger partial charge >= 0.3 is 177 Å². The molecule has 0 aliphatic carbocycles. The summed E-state index contributed by atoms with van der Waals surface area (Å²) in [7, 11) is -0.593. The predicted octanol–water partition coefficient (Wildman–Crippen LogP) is 4.63. The molecule has 4 rings (SSSR count). The van der Waals surface area contributed by atoms with Gasteiger partial charge in [-0.15, -0.1) is 0 Å². The van der Waals surface area contributed by atoms with Crippen LogP contribution < -0.4 is 21.2 Å². The van der Waals surface area contributed by atoms with Crippen LogP contribution in [0.4, 0.5) is 0 Å². The fourth-order valence-electron chi connectivity index (χ4n) is 3.20. The van der Waals surface area contributed by atoms with E-state index in [4.69, 9.17) is 0 Å². The summed E-state index contributed by atoms with van der Waals surface area (Å²) in [6, 6.07) is 43.6. The van der Waals surface area contributed by atoms with E-state index in [1.165, 1.54) is 21.2 Å². The third-order valence-corrected chi connectivity index (χ3v) is 15.1. The molecule has 0 spiro atoms. The molecule has 0 atom stereocenters. The van der Waals surface area contributed by atoms with E-state index in [9.17, 15) is 0 Å². The van der Waals surface area contributed by atoms with Crippen molar-refractivity contribution in [1.29, 1.82) is 0 Å². The summed E-state index contributed by atoms with van der Waals surface area (Å²) in [4.78, 5) is 0. The predicted molar refractivity (Wildman–Crippen MR) is 130 cm³/mol. The second-order valence-electron chi connectivity index (χ2n) is 6.49.